The Morgan fingerprint density at radius 1 is 0.963 bits per heavy atom. The SMILES string of the molecule is O=C1C[C@H](Nc2ccc(N3CCOCC3)cc2)C(=O)N1Cc1ccccc1. The van der Waals surface area contributed by atoms with E-state index < -0.39 is 6.04 Å². The van der Waals surface area contributed by atoms with Crippen molar-refractivity contribution < 1.29 is 14.3 Å². The highest BCUT2D eigenvalue weighted by atomic mass is 16.5. The van der Waals surface area contributed by atoms with Gasteiger partial charge in [0.25, 0.3) is 5.91 Å². The van der Waals surface area contributed by atoms with Crippen LogP contribution in [0.15, 0.2) is 54.6 Å². The Hall–Kier alpha value is -2.86. The maximum Gasteiger partial charge on any atom is 0.252 e. The molecule has 0 spiro atoms. The molecule has 0 saturated carbocycles. The first kappa shape index (κ1) is 17.5. The zero-order chi connectivity index (χ0) is 18.6. The number of anilines is 2. The van der Waals surface area contributed by atoms with Gasteiger partial charge in [-0.1, -0.05) is 30.3 Å². The number of nitrogens with zero attached hydrogens (tertiary/aromatic N) is 2. The number of morpholine rings is 1. The van der Waals surface area contributed by atoms with Crippen LogP contribution in [0, 0.1) is 0 Å². The molecule has 2 saturated heterocycles. The second-order valence-corrected chi connectivity index (χ2v) is 6.85. The van der Waals surface area contributed by atoms with Crippen molar-refractivity contribution in [2.45, 2.75) is 19.0 Å². The number of hydrogen-bond acceptors (Lipinski definition) is 5. The van der Waals surface area contributed by atoms with E-state index in [0.717, 1.165) is 43.2 Å². The molecule has 2 amide bonds. The normalized spacial score (nSPS) is 20.2. The van der Waals surface area contributed by atoms with Crippen molar-refractivity contribution >= 4 is 23.2 Å². The minimum atomic E-state index is -0.504. The summed E-state index contributed by atoms with van der Waals surface area (Å²) in [6.07, 6.45) is 0.191. The summed E-state index contributed by atoms with van der Waals surface area (Å²) in [6, 6.07) is 17.1. The molecule has 2 aliphatic rings. The summed E-state index contributed by atoms with van der Waals surface area (Å²) in [7, 11) is 0. The highest BCUT2D eigenvalue weighted by Gasteiger charge is 2.38. The van der Waals surface area contributed by atoms with Gasteiger partial charge in [0.15, 0.2) is 0 Å². The molecule has 1 N–H and O–H groups in total. The van der Waals surface area contributed by atoms with E-state index >= 15 is 0 Å². The monoisotopic (exact) mass is 365 g/mol. The Balaban J connectivity index is 1.39. The Morgan fingerprint density at radius 2 is 1.67 bits per heavy atom. The molecule has 2 aromatic rings. The first-order valence-corrected chi connectivity index (χ1v) is 9.28. The van der Waals surface area contributed by atoms with Gasteiger partial charge in [-0.05, 0) is 29.8 Å². The summed E-state index contributed by atoms with van der Waals surface area (Å²) in [5.41, 5.74) is 2.94. The van der Waals surface area contributed by atoms with Gasteiger partial charge in [0, 0.05) is 24.5 Å². The fourth-order valence-electron chi connectivity index (χ4n) is 3.52. The standard InChI is InChI=1S/C21H23N3O3/c25-20-14-19(21(26)24(20)15-16-4-2-1-3-5-16)22-17-6-8-18(9-7-17)23-10-12-27-13-11-23/h1-9,19,22H,10-15H2/t19-/m0/s1. The summed E-state index contributed by atoms with van der Waals surface area (Å²) in [5, 5.41) is 3.21. The lowest BCUT2D eigenvalue weighted by Gasteiger charge is -2.29. The van der Waals surface area contributed by atoms with Gasteiger partial charge in [0.05, 0.1) is 26.2 Å². The number of amides is 2. The first-order valence-electron chi connectivity index (χ1n) is 9.28. The number of carbonyl (C=O) groups excluding carboxylic acids is 2. The predicted octanol–water partition coefficient (Wildman–Crippen LogP) is 2.26. The van der Waals surface area contributed by atoms with E-state index in [0.29, 0.717) is 6.54 Å². The minimum absolute atomic E-state index is 0.133. The molecule has 2 heterocycles. The van der Waals surface area contributed by atoms with Crippen LogP contribution in [0.4, 0.5) is 11.4 Å². The molecule has 0 radical (unpaired) electrons. The molecular formula is C21H23N3O3. The lowest BCUT2D eigenvalue weighted by Crippen LogP contribution is -2.36. The van der Waals surface area contributed by atoms with E-state index in [1.54, 1.807) is 0 Å². The molecule has 2 aliphatic heterocycles. The summed E-state index contributed by atoms with van der Waals surface area (Å²) in [4.78, 5) is 28.6. The van der Waals surface area contributed by atoms with Gasteiger partial charge in [-0.2, -0.15) is 0 Å². The third kappa shape index (κ3) is 3.95. The molecule has 0 unspecified atom stereocenters. The Morgan fingerprint density at radius 3 is 2.37 bits per heavy atom. The second kappa shape index (κ2) is 7.80. The molecule has 0 aromatic heterocycles. The van der Waals surface area contributed by atoms with E-state index in [-0.39, 0.29) is 18.2 Å². The second-order valence-electron chi connectivity index (χ2n) is 6.85. The van der Waals surface area contributed by atoms with Crippen molar-refractivity contribution in [2.24, 2.45) is 0 Å². The van der Waals surface area contributed by atoms with Gasteiger partial charge in [0.2, 0.25) is 5.91 Å². The fraction of sp³-hybridized carbons (Fsp3) is 0.333. The Kier molecular flexibility index (Phi) is 5.07. The first-order chi connectivity index (χ1) is 13.2. The third-order valence-electron chi connectivity index (χ3n) is 5.01. The van der Waals surface area contributed by atoms with Crippen molar-refractivity contribution in [3.05, 3.63) is 60.2 Å². The molecule has 6 nitrogen and oxygen atoms in total. The molecule has 1 atom stereocenters. The van der Waals surface area contributed by atoms with Gasteiger partial charge < -0.3 is 15.0 Å². The van der Waals surface area contributed by atoms with Crippen LogP contribution in [0.1, 0.15) is 12.0 Å². The van der Waals surface area contributed by atoms with Crippen LogP contribution in [0.5, 0.6) is 0 Å². The zero-order valence-electron chi connectivity index (χ0n) is 15.1. The minimum Gasteiger partial charge on any atom is -0.378 e. The van der Waals surface area contributed by atoms with Gasteiger partial charge in [-0.3, -0.25) is 14.5 Å². The van der Waals surface area contributed by atoms with Crippen LogP contribution < -0.4 is 10.2 Å². The third-order valence-corrected chi connectivity index (χ3v) is 5.01. The topological polar surface area (TPSA) is 61.9 Å². The highest BCUT2D eigenvalue weighted by Crippen LogP contribution is 2.23. The molecule has 0 bridgehead atoms. The molecule has 2 aromatic carbocycles. The summed E-state index contributed by atoms with van der Waals surface area (Å²) in [5.74, 6) is -0.299. The van der Waals surface area contributed by atoms with Crippen LogP contribution in [0.3, 0.4) is 0 Å². The van der Waals surface area contributed by atoms with Gasteiger partial charge in [-0.25, -0.2) is 0 Å². The van der Waals surface area contributed by atoms with Crippen molar-refractivity contribution in [3.63, 3.8) is 0 Å². The van der Waals surface area contributed by atoms with Crippen LogP contribution in [-0.2, 0) is 20.9 Å². The van der Waals surface area contributed by atoms with Gasteiger partial charge >= 0.3 is 0 Å². The van der Waals surface area contributed by atoms with Gasteiger partial charge in [0.1, 0.15) is 6.04 Å². The molecule has 0 aliphatic carbocycles. The van der Waals surface area contributed by atoms with Gasteiger partial charge in [-0.15, -0.1) is 0 Å². The van der Waals surface area contributed by atoms with E-state index in [9.17, 15) is 9.59 Å². The number of carbonyl (C=O) groups is 2. The van der Waals surface area contributed by atoms with Crippen LogP contribution >= 0.6 is 0 Å². The lowest BCUT2D eigenvalue weighted by molar-refractivity contribution is -0.139. The maximum atomic E-state index is 12.7. The van der Waals surface area contributed by atoms with Crippen LogP contribution in [0.25, 0.3) is 0 Å². The molecule has 2 fully saturated rings. The lowest BCUT2D eigenvalue weighted by atomic mass is 10.2. The summed E-state index contributed by atoms with van der Waals surface area (Å²) in [6.45, 7) is 3.59. The van der Waals surface area contributed by atoms with Crippen molar-refractivity contribution in [3.8, 4) is 0 Å². The van der Waals surface area contributed by atoms with E-state index in [4.69, 9.17) is 4.74 Å². The number of rotatable bonds is 5. The van der Waals surface area contributed by atoms with Crippen LogP contribution in [0.2, 0.25) is 0 Å². The van der Waals surface area contributed by atoms with Crippen molar-refractivity contribution in [1.29, 1.82) is 0 Å². The Bertz CT molecular complexity index is 801. The summed E-state index contributed by atoms with van der Waals surface area (Å²) < 4.78 is 5.38. The zero-order valence-corrected chi connectivity index (χ0v) is 15.1. The average molecular weight is 365 g/mol. The smallest absolute Gasteiger partial charge is 0.252 e. The molecule has 6 heteroatoms. The average Bonchev–Trinajstić information content (AvgIpc) is 2.97. The number of imide groups is 1. The van der Waals surface area contributed by atoms with E-state index in [2.05, 4.69) is 10.2 Å². The van der Waals surface area contributed by atoms with E-state index in [1.165, 1.54) is 4.90 Å². The fourth-order valence-corrected chi connectivity index (χ4v) is 3.52. The molecule has 27 heavy (non-hydrogen) atoms. The summed E-state index contributed by atoms with van der Waals surface area (Å²) >= 11 is 0. The van der Waals surface area contributed by atoms with Crippen molar-refractivity contribution in [2.75, 3.05) is 36.5 Å². The number of ether oxygens (including phenoxy) is 1. The van der Waals surface area contributed by atoms with Crippen LogP contribution in [-0.4, -0.2) is 49.1 Å². The number of nitrogens with one attached hydrogen (secondary N) is 1. The van der Waals surface area contributed by atoms with E-state index in [1.807, 2.05) is 54.6 Å². The largest absolute Gasteiger partial charge is 0.378 e. The quantitative estimate of drug-likeness (QED) is 0.824. The molecule has 140 valence electrons. The number of likely N-dealkylation sites (tertiary alicyclic amines) is 1. The predicted molar refractivity (Wildman–Crippen MR) is 104 cm³/mol. The maximum absolute atomic E-state index is 12.7. The highest BCUT2D eigenvalue weighted by molar-refractivity contribution is 6.06. The van der Waals surface area contributed by atoms with Crippen molar-refractivity contribution in [1.82, 2.24) is 4.90 Å². The molecular weight excluding hydrogens is 342 g/mol. The number of benzene rings is 2. The Labute approximate surface area is 158 Å². The molecule has 4 rings (SSSR count). The number of hydrogen-bond donors (Lipinski definition) is 1.